The summed E-state index contributed by atoms with van der Waals surface area (Å²) in [5, 5.41) is 3.48. The number of aryl methyl sites for hydroxylation is 1. The van der Waals surface area contributed by atoms with Gasteiger partial charge in [0, 0.05) is 12.2 Å². The lowest BCUT2D eigenvalue weighted by molar-refractivity contribution is -0.136. The highest BCUT2D eigenvalue weighted by atomic mass is 16.2. The third kappa shape index (κ3) is 4.22. The molecule has 0 spiro atoms. The second-order valence-electron chi connectivity index (χ2n) is 7.77. The van der Waals surface area contributed by atoms with Crippen molar-refractivity contribution in [2.24, 2.45) is 0 Å². The van der Waals surface area contributed by atoms with Gasteiger partial charge in [-0.1, -0.05) is 30.3 Å². The summed E-state index contributed by atoms with van der Waals surface area (Å²) in [6.45, 7) is 2.65. The maximum absolute atomic E-state index is 13.8. The molecule has 142 valence electrons. The molecule has 0 saturated carbocycles. The molecule has 1 amide bonds. The van der Waals surface area contributed by atoms with E-state index in [1.165, 1.54) is 11.1 Å². The fraction of sp³-hybridized carbons (Fsp3) is 0.478. The summed E-state index contributed by atoms with van der Waals surface area (Å²) in [6.07, 6.45) is 8.18. The molecule has 2 unspecified atom stereocenters. The molecule has 1 fully saturated rings. The maximum Gasteiger partial charge on any atom is 0.230 e. The third-order valence-electron chi connectivity index (χ3n) is 6.00. The largest absolute Gasteiger partial charge is 0.333 e. The monoisotopic (exact) mass is 363 g/mol. The van der Waals surface area contributed by atoms with Gasteiger partial charge < -0.3 is 10.2 Å². The van der Waals surface area contributed by atoms with Gasteiger partial charge in [0.1, 0.15) is 0 Å². The smallest absolute Gasteiger partial charge is 0.230 e. The Bertz CT molecular complexity index is 753. The van der Waals surface area contributed by atoms with Crippen molar-refractivity contribution in [3.8, 4) is 0 Å². The van der Waals surface area contributed by atoms with Crippen LogP contribution in [-0.4, -0.2) is 34.9 Å². The van der Waals surface area contributed by atoms with E-state index < -0.39 is 0 Å². The standard InChI is InChI=1S/C23H29N3O/c27-23(22-12-5-8-18-7-1-2-11-21(18)22)26(17-19-9-3-4-15-25-19)20-10-6-14-24-16-13-20/h1-4,7,9,11,15,20,22,24H,5-6,8,10,12-14,16-17H2. The number of nitrogens with one attached hydrogen (secondary N) is 1. The van der Waals surface area contributed by atoms with Crippen LogP contribution >= 0.6 is 0 Å². The molecular weight excluding hydrogens is 334 g/mol. The van der Waals surface area contributed by atoms with E-state index in [0.29, 0.717) is 18.5 Å². The first-order chi connectivity index (χ1) is 13.3. The fourth-order valence-corrected chi connectivity index (χ4v) is 4.58. The molecule has 0 bridgehead atoms. The number of aromatic nitrogens is 1. The normalized spacial score (nSPS) is 22.5. The summed E-state index contributed by atoms with van der Waals surface area (Å²) < 4.78 is 0. The van der Waals surface area contributed by atoms with Gasteiger partial charge in [-0.25, -0.2) is 0 Å². The Morgan fingerprint density at radius 3 is 2.81 bits per heavy atom. The number of carbonyl (C=O) groups excluding carboxylic acids is 1. The zero-order valence-corrected chi connectivity index (χ0v) is 15.9. The zero-order valence-electron chi connectivity index (χ0n) is 15.9. The Morgan fingerprint density at radius 1 is 1.04 bits per heavy atom. The van der Waals surface area contributed by atoms with Crippen molar-refractivity contribution in [3.63, 3.8) is 0 Å². The molecule has 1 aliphatic heterocycles. The summed E-state index contributed by atoms with van der Waals surface area (Å²) in [6, 6.07) is 14.8. The van der Waals surface area contributed by atoms with Crippen molar-refractivity contribution in [2.75, 3.05) is 13.1 Å². The van der Waals surface area contributed by atoms with Crippen molar-refractivity contribution >= 4 is 5.91 Å². The topological polar surface area (TPSA) is 45.2 Å². The van der Waals surface area contributed by atoms with Crippen molar-refractivity contribution in [1.82, 2.24) is 15.2 Å². The quantitative estimate of drug-likeness (QED) is 0.901. The third-order valence-corrected chi connectivity index (χ3v) is 6.00. The fourth-order valence-electron chi connectivity index (χ4n) is 4.58. The van der Waals surface area contributed by atoms with Crippen molar-refractivity contribution < 1.29 is 4.79 Å². The van der Waals surface area contributed by atoms with Gasteiger partial charge in [-0.15, -0.1) is 0 Å². The van der Waals surface area contributed by atoms with E-state index in [-0.39, 0.29) is 5.92 Å². The second kappa shape index (κ2) is 8.66. The van der Waals surface area contributed by atoms with Crippen LogP contribution in [0.3, 0.4) is 0 Å². The zero-order chi connectivity index (χ0) is 18.5. The summed E-state index contributed by atoms with van der Waals surface area (Å²) in [4.78, 5) is 20.4. The number of nitrogens with zero attached hydrogens (tertiary/aromatic N) is 2. The van der Waals surface area contributed by atoms with E-state index >= 15 is 0 Å². The number of rotatable bonds is 4. The van der Waals surface area contributed by atoms with E-state index in [0.717, 1.165) is 57.3 Å². The van der Waals surface area contributed by atoms with Crippen molar-refractivity contribution in [1.29, 1.82) is 0 Å². The van der Waals surface area contributed by atoms with Crippen LogP contribution in [0.15, 0.2) is 48.7 Å². The Morgan fingerprint density at radius 2 is 1.93 bits per heavy atom. The summed E-state index contributed by atoms with van der Waals surface area (Å²) >= 11 is 0. The second-order valence-corrected chi connectivity index (χ2v) is 7.77. The molecule has 27 heavy (non-hydrogen) atoms. The number of hydrogen-bond acceptors (Lipinski definition) is 3. The van der Waals surface area contributed by atoms with E-state index in [1.807, 2.05) is 24.4 Å². The van der Waals surface area contributed by atoms with Crippen molar-refractivity contribution in [2.45, 2.75) is 57.0 Å². The molecule has 1 aromatic carbocycles. The average Bonchev–Trinajstić information content (AvgIpc) is 3.01. The molecule has 2 aromatic rings. The molecule has 1 aliphatic carbocycles. The number of fused-ring (bicyclic) bond motifs is 1. The minimum Gasteiger partial charge on any atom is -0.333 e. The van der Waals surface area contributed by atoms with Gasteiger partial charge in [0.15, 0.2) is 0 Å². The molecule has 1 saturated heterocycles. The number of carbonyl (C=O) groups is 1. The minimum atomic E-state index is -0.00475. The molecule has 1 N–H and O–H groups in total. The molecule has 4 rings (SSSR count). The molecule has 4 heteroatoms. The first-order valence-electron chi connectivity index (χ1n) is 10.3. The lowest BCUT2D eigenvalue weighted by Crippen LogP contribution is -2.43. The average molecular weight is 364 g/mol. The predicted octanol–water partition coefficient (Wildman–Crippen LogP) is 3.67. The van der Waals surface area contributed by atoms with Gasteiger partial charge in [0.2, 0.25) is 5.91 Å². The molecule has 2 atom stereocenters. The molecule has 1 aromatic heterocycles. The van der Waals surface area contributed by atoms with E-state index in [4.69, 9.17) is 0 Å². The summed E-state index contributed by atoms with van der Waals surface area (Å²) in [5.74, 6) is 0.287. The first-order valence-corrected chi connectivity index (χ1v) is 10.3. The lowest BCUT2D eigenvalue weighted by atomic mass is 9.81. The Balaban J connectivity index is 1.62. The summed E-state index contributed by atoms with van der Waals surface area (Å²) in [5.41, 5.74) is 3.57. The highest BCUT2D eigenvalue weighted by Crippen LogP contribution is 2.34. The molecule has 2 aliphatic rings. The van der Waals surface area contributed by atoms with Gasteiger partial charge in [-0.3, -0.25) is 9.78 Å². The van der Waals surface area contributed by atoms with Crippen LogP contribution in [0.1, 0.15) is 54.8 Å². The van der Waals surface area contributed by atoms with Crippen LogP contribution in [0.2, 0.25) is 0 Å². The van der Waals surface area contributed by atoms with E-state index in [1.54, 1.807) is 0 Å². The Labute approximate surface area is 162 Å². The highest BCUT2D eigenvalue weighted by Gasteiger charge is 2.33. The SMILES string of the molecule is O=C(C1CCCc2ccccc21)N(Cc1ccccn1)C1CCCNCC1. The van der Waals surface area contributed by atoms with Gasteiger partial charge >= 0.3 is 0 Å². The first kappa shape index (κ1) is 18.2. The molecule has 4 nitrogen and oxygen atoms in total. The van der Waals surface area contributed by atoms with Crippen LogP contribution in [-0.2, 0) is 17.8 Å². The summed E-state index contributed by atoms with van der Waals surface area (Å²) in [7, 11) is 0. The van der Waals surface area contributed by atoms with Gasteiger partial charge in [-0.2, -0.15) is 0 Å². The van der Waals surface area contributed by atoms with E-state index in [9.17, 15) is 4.79 Å². The van der Waals surface area contributed by atoms with Crippen LogP contribution < -0.4 is 5.32 Å². The number of pyridine rings is 1. The van der Waals surface area contributed by atoms with Gasteiger partial charge in [-0.05, 0) is 74.9 Å². The highest BCUT2D eigenvalue weighted by molar-refractivity contribution is 5.84. The van der Waals surface area contributed by atoms with Crippen molar-refractivity contribution in [3.05, 3.63) is 65.5 Å². The number of benzene rings is 1. The van der Waals surface area contributed by atoms with E-state index in [2.05, 4.69) is 39.5 Å². The maximum atomic E-state index is 13.8. The number of amides is 1. The number of hydrogen-bond donors (Lipinski definition) is 1. The molecular formula is C23H29N3O. The Hall–Kier alpha value is -2.20. The van der Waals surface area contributed by atoms with Gasteiger partial charge in [0.05, 0.1) is 18.2 Å². The van der Waals surface area contributed by atoms with Crippen LogP contribution in [0.4, 0.5) is 0 Å². The van der Waals surface area contributed by atoms with Crippen LogP contribution in [0, 0.1) is 0 Å². The lowest BCUT2D eigenvalue weighted by Gasteiger charge is -2.36. The molecule has 0 radical (unpaired) electrons. The van der Waals surface area contributed by atoms with Crippen LogP contribution in [0.5, 0.6) is 0 Å². The van der Waals surface area contributed by atoms with Crippen LogP contribution in [0.25, 0.3) is 0 Å². The Kier molecular flexibility index (Phi) is 5.83. The molecule has 2 heterocycles. The minimum absolute atomic E-state index is 0.00475. The predicted molar refractivity (Wildman–Crippen MR) is 107 cm³/mol. The van der Waals surface area contributed by atoms with Gasteiger partial charge in [0.25, 0.3) is 0 Å².